The topological polar surface area (TPSA) is 124 Å². The third kappa shape index (κ3) is 3.57. The van der Waals surface area contributed by atoms with Crippen LogP contribution in [0.2, 0.25) is 0 Å². The molecule has 2 fully saturated rings. The van der Waals surface area contributed by atoms with Gasteiger partial charge in [0.15, 0.2) is 0 Å². The van der Waals surface area contributed by atoms with Gasteiger partial charge in [0.05, 0.1) is 39.9 Å². The van der Waals surface area contributed by atoms with Crippen LogP contribution in [0.25, 0.3) is 16.9 Å². The molecule has 3 aromatic rings. The minimum Gasteiger partial charge on any atom is -0.379 e. The Hall–Kier alpha value is -3.93. The summed E-state index contributed by atoms with van der Waals surface area (Å²) in [6.07, 6.45) is 7.61. The van der Waals surface area contributed by atoms with Crippen LogP contribution >= 0.6 is 0 Å². The van der Waals surface area contributed by atoms with Gasteiger partial charge in [0.2, 0.25) is 5.91 Å². The molecule has 2 aliphatic rings. The fourth-order valence-electron chi connectivity index (χ4n) is 5.47. The SMILES string of the molecule is CNC(=O)c1cnc(-c2ccc3cc(C#N)cnn23)cc1NC12CCC(NC(C)=O)(CC1)C2. The molecule has 0 saturated heterocycles. The van der Waals surface area contributed by atoms with Gasteiger partial charge in [0.1, 0.15) is 6.07 Å². The van der Waals surface area contributed by atoms with Crippen molar-refractivity contribution in [3.05, 3.63) is 47.8 Å². The van der Waals surface area contributed by atoms with Crippen molar-refractivity contribution in [3.63, 3.8) is 0 Å². The van der Waals surface area contributed by atoms with Gasteiger partial charge in [-0.3, -0.25) is 14.6 Å². The molecule has 2 aliphatic carbocycles. The van der Waals surface area contributed by atoms with E-state index >= 15 is 0 Å². The van der Waals surface area contributed by atoms with Crippen molar-refractivity contribution in [3.8, 4) is 17.5 Å². The molecule has 168 valence electrons. The summed E-state index contributed by atoms with van der Waals surface area (Å²) in [7, 11) is 1.60. The van der Waals surface area contributed by atoms with E-state index in [2.05, 4.69) is 32.1 Å². The fourth-order valence-corrected chi connectivity index (χ4v) is 5.47. The Kier molecular flexibility index (Phi) is 4.81. The molecule has 0 radical (unpaired) electrons. The number of nitriles is 1. The van der Waals surface area contributed by atoms with E-state index in [0.29, 0.717) is 22.5 Å². The highest BCUT2D eigenvalue weighted by Crippen LogP contribution is 2.52. The number of hydrogen-bond acceptors (Lipinski definition) is 6. The van der Waals surface area contributed by atoms with Crippen LogP contribution in [0.1, 0.15) is 54.9 Å². The summed E-state index contributed by atoms with van der Waals surface area (Å²) in [6, 6.07) is 9.55. The van der Waals surface area contributed by atoms with E-state index in [1.165, 1.54) is 6.20 Å². The van der Waals surface area contributed by atoms with Crippen molar-refractivity contribution in [2.24, 2.45) is 0 Å². The summed E-state index contributed by atoms with van der Waals surface area (Å²) < 4.78 is 1.73. The predicted molar refractivity (Wildman–Crippen MR) is 123 cm³/mol. The number of nitrogens with one attached hydrogen (secondary N) is 3. The highest BCUT2D eigenvalue weighted by Gasteiger charge is 2.54. The van der Waals surface area contributed by atoms with Gasteiger partial charge in [-0.05, 0) is 56.4 Å². The molecule has 2 saturated carbocycles. The molecular formula is C24H25N7O2. The Bertz CT molecular complexity index is 1310. The number of hydrogen-bond donors (Lipinski definition) is 3. The summed E-state index contributed by atoms with van der Waals surface area (Å²) in [5, 5.41) is 23.0. The zero-order valence-electron chi connectivity index (χ0n) is 18.6. The van der Waals surface area contributed by atoms with E-state index in [1.54, 1.807) is 30.8 Å². The van der Waals surface area contributed by atoms with Gasteiger partial charge < -0.3 is 16.0 Å². The van der Waals surface area contributed by atoms with Crippen LogP contribution in [0.15, 0.2) is 36.7 Å². The maximum absolute atomic E-state index is 12.6. The molecule has 2 bridgehead atoms. The van der Waals surface area contributed by atoms with Crippen LogP contribution in [-0.4, -0.2) is 44.5 Å². The highest BCUT2D eigenvalue weighted by molar-refractivity contribution is 6.00. The van der Waals surface area contributed by atoms with Crippen molar-refractivity contribution in [1.29, 1.82) is 5.26 Å². The second-order valence-electron chi connectivity index (χ2n) is 9.15. The minimum atomic E-state index is -0.214. The van der Waals surface area contributed by atoms with Crippen molar-refractivity contribution in [2.45, 2.75) is 50.1 Å². The van der Waals surface area contributed by atoms with Crippen LogP contribution in [0.3, 0.4) is 0 Å². The first-order valence-corrected chi connectivity index (χ1v) is 11.0. The Balaban J connectivity index is 1.52. The van der Waals surface area contributed by atoms with Gasteiger partial charge in [0.25, 0.3) is 5.91 Å². The largest absolute Gasteiger partial charge is 0.379 e. The molecule has 2 amide bonds. The Morgan fingerprint density at radius 1 is 1.12 bits per heavy atom. The first kappa shape index (κ1) is 20.9. The number of aromatic nitrogens is 3. The monoisotopic (exact) mass is 443 g/mol. The smallest absolute Gasteiger partial charge is 0.254 e. The average molecular weight is 444 g/mol. The molecule has 3 heterocycles. The van der Waals surface area contributed by atoms with Crippen molar-refractivity contribution in [1.82, 2.24) is 25.2 Å². The first-order valence-electron chi connectivity index (χ1n) is 11.0. The molecule has 0 atom stereocenters. The summed E-state index contributed by atoms with van der Waals surface area (Å²) in [6.45, 7) is 1.56. The van der Waals surface area contributed by atoms with Crippen LogP contribution in [-0.2, 0) is 4.79 Å². The van der Waals surface area contributed by atoms with Gasteiger partial charge in [-0.1, -0.05) is 0 Å². The highest BCUT2D eigenvalue weighted by atomic mass is 16.2. The molecule has 0 aliphatic heterocycles. The molecule has 33 heavy (non-hydrogen) atoms. The van der Waals surface area contributed by atoms with Gasteiger partial charge in [0, 0.05) is 31.2 Å². The second-order valence-corrected chi connectivity index (χ2v) is 9.15. The van der Waals surface area contributed by atoms with Crippen LogP contribution in [0.5, 0.6) is 0 Å². The number of nitrogens with zero attached hydrogens (tertiary/aromatic N) is 4. The first-order chi connectivity index (χ1) is 15.9. The lowest BCUT2D eigenvalue weighted by Crippen LogP contribution is -2.43. The number of carbonyl (C=O) groups is 2. The standard InChI is InChI=1S/C24H25N7O2/c1-15(32)29-23-5-7-24(14-23,8-6-23)30-19-10-20(27-13-18(19)22(33)26-2)21-4-3-17-9-16(11-25)12-28-31(17)21/h3-4,9-10,12-13H,5-8,14H2,1-2H3,(H,26,33)(H,27,30)(H,29,32). The lowest BCUT2D eigenvalue weighted by molar-refractivity contribution is -0.120. The van der Waals surface area contributed by atoms with Gasteiger partial charge >= 0.3 is 0 Å². The van der Waals surface area contributed by atoms with E-state index < -0.39 is 0 Å². The zero-order valence-corrected chi connectivity index (χ0v) is 18.6. The van der Waals surface area contributed by atoms with E-state index in [4.69, 9.17) is 5.26 Å². The lowest BCUT2D eigenvalue weighted by atomic mass is 9.90. The summed E-state index contributed by atoms with van der Waals surface area (Å²) in [5.41, 5.74) is 3.56. The second kappa shape index (κ2) is 7.59. The van der Waals surface area contributed by atoms with Crippen LogP contribution in [0, 0.1) is 11.3 Å². The van der Waals surface area contributed by atoms with E-state index in [0.717, 1.165) is 43.3 Å². The number of pyridine rings is 1. The number of fused-ring (bicyclic) bond motifs is 3. The fraction of sp³-hybridized carbons (Fsp3) is 0.375. The maximum Gasteiger partial charge on any atom is 0.254 e. The van der Waals surface area contributed by atoms with Gasteiger partial charge in [-0.15, -0.1) is 0 Å². The minimum absolute atomic E-state index is 0.00267. The normalized spacial score (nSPS) is 23.3. The molecule has 0 unspecified atom stereocenters. The predicted octanol–water partition coefficient (Wildman–Crippen LogP) is 2.63. The lowest BCUT2D eigenvalue weighted by Gasteiger charge is -2.30. The van der Waals surface area contributed by atoms with Crippen molar-refractivity contribution >= 4 is 23.0 Å². The number of carbonyl (C=O) groups excluding carboxylic acids is 2. The molecule has 9 heteroatoms. The van der Waals surface area contributed by atoms with Gasteiger partial charge in [-0.2, -0.15) is 10.4 Å². The molecule has 9 nitrogen and oxygen atoms in total. The molecule has 5 rings (SSSR count). The Labute approximate surface area is 191 Å². The third-order valence-electron chi connectivity index (χ3n) is 6.95. The van der Waals surface area contributed by atoms with Crippen molar-refractivity contribution < 1.29 is 9.59 Å². The van der Waals surface area contributed by atoms with Crippen molar-refractivity contribution in [2.75, 3.05) is 12.4 Å². The van der Waals surface area contributed by atoms with E-state index in [-0.39, 0.29) is 22.9 Å². The number of amides is 2. The quantitative estimate of drug-likeness (QED) is 0.557. The molecule has 0 spiro atoms. The molecule has 0 aromatic carbocycles. The Morgan fingerprint density at radius 3 is 2.58 bits per heavy atom. The average Bonchev–Trinajstić information content (AvgIpc) is 3.48. The summed E-state index contributed by atoms with van der Waals surface area (Å²) in [4.78, 5) is 28.9. The van der Waals surface area contributed by atoms with E-state index in [9.17, 15) is 9.59 Å². The number of rotatable bonds is 5. The number of anilines is 1. The maximum atomic E-state index is 12.6. The van der Waals surface area contributed by atoms with Crippen LogP contribution in [0.4, 0.5) is 5.69 Å². The third-order valence-corrected chi connectivity index (χ3v) is 6.95. The molecule has 3 N–H and O–H groups in total. The zero-order chi connectivity index (χ0) is 23.2. The summed E-state index contributed by atoms with van der Waals surface area (Å²) >= 11 is 0. The molecule has 3 aromatic heterocycles. The summed E-state index contributed by atoms with van der Waals surface area (Å²) in [5.74, 6) is -0.217. The van der Waals surface area contributed by atoms with Gasteiger partial charge in [-0.25, -0.2) is 4.52 Å². The molecular weight excluding hydrogens is 418 g/mol. The van der Waals surface area contributed by atoms with E-state index in [1.807, 2.05) is 18.2 Å². The Morgan fingerprint density at radius 2 is 1.88 bits per heavy atom. The van der Waals surface area contributed by atoms with Crippen LogP contribution < -0.4 is 16.0 Å².